The maximum absolute atomic E-state index is 14.1. The molecule has 162 valence electrons. The quantitative estimate of drug-likeness (QED) is 0.371. The number of aldehydes is 1. The highest BCUT2D eigenvalue weighted by Crippen LogP contribution is 2.30. The van der Waals surface area contributed by atoms with E-state index in [1.54, 1.807) is 0 Å². The number of nitrogens with zero attached hydrogens (tertiary/aromatic N) is 1. The zero-order valence-corrected chi connectivity index (χ0v) is 16.1. The number of urea groups is 1. The number of pyridine rings is 1. The van der Waals surface area contributed by atoms with E-state index in [1.807, 2.05) is 0 Å². The zero-order chi connectivity index (χ0) is 22.4. The SMILES string of the molecule is CNC(c1ccc(F)c(C(F)F)n1)c1ccc(F)c(Cl)c1F.O=CC1CNC(=O)N1. The molecule has 1 aliphatic heterocycles. The summed E-state index contributed by atoms with van der Waals surface area (Å²) >= 11 is 5.50. The zero-order valence-electron chi connectivity index (χ0n) is 15.4. The Balaban J connectivity index is 0.000000335. The van der Waals surface area contributed by atoms with Crippen LogP contribution in [0.15, 0.2) is 24.3 Å². The van der Waals surface area contributed by atoms with E-state index < -0.39 is 40.6 Å². The maximum atomic E-state index is 14.1. The number of hydrogen-bond donors (Lipinski definition) is 3. The number of carbonyl (C=O) groups excluding carboxylic acids is 2. The molecule has 3 rings (SSSR count). The molecule has 2 atom stereocenters. The Kier molecular flexibility index (Phi) is 8.07. The number of carbonyl (C=O) groups is 2. The van der Waals surface area contributed by atoms with Crippen LogP contribution in [0.4, 0.5) is 26.7 Å². The average molecular weight is 451 g/mol. The predicted octanol–water partition coefficient (Wildman–Crippen LogP) is 3.27. The monoisotopic (exact) mass is 450 g/mol. The van der Waals surface area contributed by atoms with Crippen LogP contribution in [0.25, 0.3) is 0 Å². The molecule has 12 heteroatoms. The third-order valence-electron chi connectivity index (χ3n) is 4.03. The third-order valence-corrected chi connectivity index (χ3v) is 4.37. The van der Waals surface area contributed by atoms with Gasteiger partial charge < -0.3 is 20.7 Å². The minimum absolute atomic E-state index is 0.0409. The molecule has 1 fully saturated rings. The number of halogens is 6. The van der Waals surface area contributed by atoms with Gasteiger partial charge in [-0.2, -0.15) is 0 Å². The standard InChI is InChI=1S/C14H10ClF5N2.C4H6N2O2/c1-21-12(6-2-3-7(16)10(15)11(6)18)9-5-4-8(17)13(22-9)14(19)20;7-2-3-1-5-4(8)6-3/h2-5,12,14,21H,1H3;2-3H,1H2,(H2,5,6,8). The Labute approximate surface area is 172 Å². The molecule has 1 aromatic carbocycles. The highest BCUT2D eigenvalue weighted by Gasteiger charge is 2.24. The fraction of sp³-hybridized carbons (Fsp3) is 0.278. The van der Waals surface area contributed by atoms with Crippen LogP contribution in [0.1, 0.15) is 29.4 Å². The summed E-state index contributed by atoms with van der Waals surface area (Å²) in [6.07, 6.45) is -2.41. The smallest absolute Gasteiger partial charge is 0.315 e. The van der Waals surface area contributed by atoms with Crippen LogP contribution in [0.3, 0.4) is 0 Å². The van der Waals surface area contributed by atoms with Crippen LogP contribution in [0, 0.1) is 17.5 Å². The molecular formula is C18H16ClF5N4O2. The van der Waals surface area contributed by atoms with Crippen LogP contribution >= 0.6 is 11.6 Å². The Hall–Kier alpha value is -2.79. The van der Waals surface area contributed by atoms with Crippen molar-refractivity contribution >= 4 is 23.9 Å². The van der Waals surface area contributed by atoms with E-state index in [9.17, 15) is 31.5 Å². The van der Waals surface area contributed by atoms with E-state index in [1.165, 1.54) is 7.05 Å². The molecule has 0 bridgehead atoms. The topological polar surface area (TPSA) is 83.1 Å². The highest BCUT2D eigenvalue weighted by atomic mass is 35.5. The van der Waals surface area contributed by atoms with E-state index in [0.717, 1.165) is 24.3 Å². The van der Waals surface area contributed by atoms with Gasteiger partial charge in [0.1, 0.15) is 34.7 Å². The first-order chi connectivity index (χ1) is 14.2. The molecule has 2 heterocycles. The van der Waals surface area contributed by atoms with Gasteiger partial charge in [0.2, 0.25) is 0 Å². The van der Waals surface area contributed by atoms with Crippen LogP contribution in [0.2, 0.25) is 5.02 Å². The van der Waals surface area contributed by atoms with Crippen molar-refractivity contribution in [3.8, 4) is 0 Å². The molecule has 1 saturated heterocycles. The summed E-state index contributed by atoms with van der Waals surface area (Å²) in [7, 11) is 1.43. The third kappa shape index (κ3) is 5.42. The molecular weight excluding hydrogens is 435 g/mol. The lowest BCUT2D eigenvalue weighted by Gasteiger charge is -2.18. The Bertz CT molecular complexity index is 932. The van der Waals surface area contributed by atoms with Gasteiger partial charge in [0.15, 0.2) is 5.82 Å². The van der Waals surface area contributed by atoms with Gasteiger partial charge in [0.05, 0.1) is 11.7 Å². The molecule has 0 spiro atoms. The number of hydrogen-bond acceptors (Lipinski definition) is 4. The minimum atomic E-state index is -3.11. The Morgan fingerprint density at radius 1 is 1.20 bits per heavy atom. The summed E-state index contributed by atoms with van der Waals surface area (Å²) in [5.74, 6) is -3.14. The van der Waals surface area contributed by atoms with Gasteiger partial charge in [0.25, 0.3) is 6.43 Å². The largest absolute Gasteiger partial charge is 0.336 e. The summed E-state index contributed by atoms with van der Waals surface area (Å²) in [4.78, 5) is 23.7. The Morgan fingerprint density at radius 2 is 1.87 bits per heavy atom. The number of rotatable bonds is 5. The lowest BCUT2D eigenvalue weighted by atomic mass is 10.0. The van der Waals surface area contributed by atoms with Crippen molar-refractivity contribution < 1.29 is 31.5 Å². The normalized spacial score (nSPS) is 16.4. The minimum Gasteiger partial charge on any atom is -0.336 e. The molecule has 30 heavy (non-hydrogen) atoms. The van der Waals surface area contributed by atoms with Crippen LogP contribution in [0.5, 0.6) is 0 Å². The van der Waals surface area contributed by atoms with Gasteiger partial charge in [-0.15, -0.1) is 0 Å². The molecule has 0 aliphatic carbocycles. The van der Waals surface area contributed by atoms with E-state index >= 15 is 0 Å². The van der Waals surface area contributed by atoms with E-state index in [4.69, 9.17) is 11.6 Å². The Morgan fingerprint density at radius 3 is 2.37 bits per heavy atom. The van der Waals surface area contributed by atoms with Gasteiger partial charge in [0, 0.05) is 12.1 Å². The van der Waals surface area contributed by atoms with Gasteiger partial charge in [-0.3, -0.25) is 0 Å². The van der Waals surface area contributed by atoms with Crippen LogP contribution < -0.4 is 16.0 Å². The second kappa shape index (κ2) is 10.3. The fourth-order valence-electron chi connectivity index (χ4n) is 2.57. The number of benzene rings is 1. The molecule has 6 nitrogen and oxygen atoms in total. The summed E-state index contributed by atoms with van der Waals surface area (Å²) in [6.45, 7) is 0.419. The summed E-state index contributed by atoms with van der Waals surface area (Å²) < 4.78 is 65.9. The molecule has 2 amide bonds. The summed E-state index contributed by atoms with van der Waals surface area (Å²) in [5.41, 5.74) is -1.17. The van der Waals surface area contributed by atoms with Gasteiger partial charge in [-0.25, -0.2) is 31.7 Å². The number of aromatic nitrogens is 1. The van der Waals surface area contributed by atoms with E-state index in [0.29, 0.717) is 12.8 Å². The lowest BCUT2D eigenvalue weighted by Crippen LogP contribution is -2.27. The highest BCUT2D eigenvalue weighted by molar-refractivity contribution is 6.31. The second-order valence-corrected chi connectivity index (χ2v) is 6.37. The van der Waals surface area contributed by atoms with Crippen molar-refractivity contribution in [2.24, 2.45) is 0 Å². The predicted molar refractivity (Wildman–Crippen MR) is 97.8 cm³/mol. The molecule has 3 N–H and O–H groups in total. The summed E-state index contributed by atoms with van der Waals surface area (Å²) in [6, 6.07) is 2.45. The van der Waals surface area contributed by atoms with E-state index in [-0.39, 0.29) is 23.3 Å². The lowest BCUT2D eigenvalue weighted by molar-refractivity contribution is -0.108. The van der Waals surface area contributed by atoms with Crippen molar-refractivity contribution in [1.29, 1.82) is 0 Å². The maximum Gasteiger partial charge on any atom is 0.315 e. The number of nitrogens with one attached hydrogen (secondary N) is 3. The molecule has 0 radical (unpaired) electrons. The average Bonchev–Trinajstić information content (AvgIpc) is 3.15. The van der Waals surface area contributed by atoms with Crippen LogP contribution in [-0.4, -0.2) is 36.9 Å². The fourth-order valence-corrected chi connectivity index (χ4v) is 2.74. The van der Waals surface area contributed by atoms with Crippen molar-refractivity contribution in [3.05, 3.63) is 63.7 Å². The second-order valence-electron chi connectivity index (χ2n) is 5.99. The van der Waals surface area contributed by atoms with Crippen LogP contribution in [-0.2, 0) is 4.79 Å². The van der Waals surface area contributed by atoms with Crippen molar-refractivity contribution in [2.75, 3.05) is 13.6 Å². The molecule has 2 unspecified atom stereocenters. The van der Waals surface area contributed by atoms with Crippen molar-refractivity contribution in [1.82, 2.24) is 20.9 Å². The molecule has 1 aromatic heterocycles. The summed E-state index contributed by atoms with van der Waals surface area (Å²) in [5, 5.41) is 6.77. The van der Waals surface area contributed by atoms with Gasteiger partial charge in [-0.05, 0) is 25.2 Å². The van der Waals surface area contributed by atoms with Gasteiger partial charge >= 0.3 is 6.03 Å². The van der Waals surface area contributed by atoms with Crippen molar-refractivity contribution in [3.63, 3.8) is 0 Å². The van der Waals surface area contributed by atoms with Crippen molar-refractivity contribution in [2.45, 2.75) is 18.5 Å². The molecule has 1 aliphatic rings. The first-order valence-electron chi connectivity index (χ1n) is 8.44. The van der Waals surface area contributed by atoms with E-state index in [2.05, 4.69) is 20.9 Å². The molecule has 2 aromatic rings. The molecule has 0 saturated carbocycles. The number of alkyl halides is 2. The van der Waals surface area contributed by atoms with Gasteiger partial charge in [-0.1, -0.05) is 17.7 Å². The first-order valence-corrected chi connectivity index (χ1v) is 8.82. The number of amides is 2. The first kappa shape index (κ1) is 23.5.